The van der Waals surface area contributed by atoms with Gasteiger partial charge in [0.25, 0.3) is 0 Å². The molecule has 0 aliphatic heterocycles. The fourth-order valence-corrected chi connectivity index (χ4v) is 4.83. The van der Waals surface area contributed by atoms with Crippen molar-refractivity contribution in [1.29, 1.82) is 0 Å². The van der Waals surface area contributed by atoms with Crippen molar-refractivity contribution < 1.29 is 21.6 Å². The molecular weight excluding hydrogens is 477 g/mol. The Bertz CT molecular complexity index is 1100. The molecule has 35 heavy (non-hydrogen) atoms. The fraction of sp³-hybridized carbons (Fsp3) is 0.440. The van der Waals surface area contributed by atoms with E-state index in [0.29, 0.717) is 36.2 Å². The molecule has 0 amide bonds. The molecule has 10 heteroatoms. The lowest BCUT2D eigenvalue weighted by Gasteiger charge is -2.15. The number of sulfonamides is 1. The van der Waals surface area contributed by atoms with Crippen molar-refractivity contribution >= 4 is 33.0 Å². The highest BCUT2D eigenvalue weighted by atomic mass is 32.2. The maximum absolute atomic E-state index is 12.9. The lowest BCUT2D eigenvalue weighted by molar-refractivity contribution is -0.125. The van der Waals surface area contributed by atoms with E-state index in [2.05, 4.69) is 26.7 Å². The number of rotatable bonds is 13. The minimum Gasteiger partial charge on any atom is -0.388 e. The number of nitrogens with zero attached hydrogens (tertiary/aromatic N) is 2. The molecular formula is C25H35F3N4O2S. The van der Waals surface area contributed by atoms with Gasteiger partial charge in [-0.05, 0) is 63.6 Å². The van der Waals surface area contributed by atoms with Gasteiger partial charge in [0.15, 0.2) is 0 Å². The number of hydrogen-bond donors (Lipinski definition) is 2. The van der Waals surface area contributed by atoms with Crippen molar-refractivity contribution in [1.82, 2.24) is 4.72 Å². The van der Waals surface area contributed by atoms with Crippen LogP contribution in [0.15, 0.2) is 57.7 Å². The molecule has 0 bridgehead atoms. The maximum Gasteiger partial charge on any atom is 0.392 e. The van der Waals surface area contributed by atoms with E-state index in [1.54, 1.807) is 45.2 Å². The van der Waals surface area contributed by atoms with E-state index >= 15 is 0 Å². The monoisotopic (exact) mass is 512 g/mol. The van der Waals surface area contributed by atoms with Gasteiger partial charge < -0.3 is 5.32 Å². The van der Waals surface area contributed by atoms with Crippen molar-refractivity contribution in [2.75, 3.05) is 25.5 Å². The normalized spacial score (nSPS) is 14.3. The molecule has 0 atom stereocenters. The van der Waals surface area contributed by atoms with Crippen LogP contribution in [0, 0.1) is 6.92 Å². The molecule has 0 unspecified atom stereocenters. The second-order valence-corrected chi connectivity index (χ2v) is 9.43. The predicted octanol–water partition coefficient (Wildman–Crippen LogP) is 6.04. The van der Waals surface area contributed by atoms with Crippen molar-refractivity contribution in [3.8, 4) is 0 Å². The molecule has 1 rings (SSSR count). The summed E-state index contributed by atoms with van der Waals surface area (Å²) in [6.45, 7) is 10.9. The average molecular weight is 513 g/mol. The first-order valence-corrected chi connectivity index (χ1v) is 12.8. The third kappa shape index (κ3) is 9.45. The second kappa shape index (κ2) is 14.0. The minimum atomic E-state index is -4.34. The number of anilines is 1. The average Bonchev–Trinajstić information content (AvgIpc) is 2.79. The number of aliphatic imine (C=N–C) groups is 2. The van der Waals surface area contributed by atoms with Crippen molar-refractivity contribution in [2.45, 2.75) is 53.1 Å². The molecule has 1 aromatic carbocycles. The topological polar surface area (TPSA) is 82.9 Å². The molecule has 0 spiro atoms. The quantitative estimate of drug-likeness (QED) is 0.192. The van der Waals surface area contributed by atoms with Crippen molar-refractivity contribution in [2.24, 2.45) is 9.98 Å². The largest absolute Gasteiger partial charge is 0.392 e. The third-order valence-electron chi connectivity index (χ3n) is 5.17. The smallest absolute Gasteiger partial charge is 0.388 e. The first kappa shape index (κ1) is 30.3. The van der Waals surface area contributed by atoms with Crippen LogP contribution < -0.4 is 10.0 Å². The van der Waals surface area contributed by atoms with Crippen LogP contribution in [0.2, 0.25) is 0 Å². The Morgan fingerprint density at radius 2 is 1.91 bits per heavy atom. The van der Waals surface area contributed by atoms with Gasteiger partial charge in [0.2, 0.25) is 10.0 Å². The van der Waals surface area contributed by atoms with E-state index in [0.717, 1.165) is 17.3 Å². The van der Waals surface area contributed by atoms with Crippen LogP contribution in [0.4, 0.5) is 18.9 Å². The Balaban J connectivity index is 2.88. The summed E-state index contributed by atoms with van der Waals surface area (Å²) < 4.78 is 66.3. The second-order valence-electron chi connectivity index (χ2n) is 7.69. The van der Waals surface area contributed by atoms with Crippen molar-refractivity contribution in [3.63, 3.8) is 0 Å². The minimum absolute atomic E-state index is 0.128. The maximum atomic E-state index is 12.9. The molecule has 0 saturated heterocycles. The highest BCUT2D eigenvalue weighted by Gasteiger charge is 2.26. The van der Waals surface area contributed by atoms with Gasteiger partial charge in [-0.15, -0.1) is 0 Å². The molecule has 194 valence electrons. The summed E-state index contributed by atoms with van der Waals surface area (Å²) in [7, 11) is -1.98. The molecule has 0 heterocycles. The van der Waals surface area contributed by atoms with Gasteiger partial charge in [0, 0.05) is 37.1 Å². The Morgan fingerprint density at radius 3 is 2.46 bits per heavy atom. The molecule has 0 aromatic heterocycles. The zero-order valence-corrected chi connectivity index (χ0v) is 21.8. The van der Waals surface area contributed by atoms with E-state index in [1.165, 1.54) is 0 Å². The summed E-state index contributed by atoms with van der Waals surface area (Å²) in [6, 6.07) is 5.43. The summed E-state index contributed by atoms with van der Waals surface area (Å²) in [4.78, 5) is 8.35. The Kier molecular flexibility index (Phi) is 12.1. The van der Waals surface area contributed by atoms with Gasteiger partial charge in [-0.2, -0.15) is 13.2 Å². The first-order valence-electron chi connectivity index (χ1n) is 11.3. The molecule has 2 N–H and O–H groups in total. The number of alkyl halides is 3. The van der Waals surface area contributed by atoms with E-state index in [1.807, 2.05) is 19.9 Å². The summed E-state index contributed by atoms with van der Waals surface area (Å²) in [5.74, 6) is 0. The zero-order chi connectivity index (χ0) is 26.6. The molecule has 0 saturated carbocycles. The van der Waals surface area contributed by atoms with Gasteiger partial charge in [0.1, 0.15) is 0 Å². The lowest BCUT2D eigenvalue weighted by atomic mass is 10.1. The van der Waals surface area contributed by atoms with Gasteiger partial charge in [-0.3, -0.25) is 9.98 Å². The summed E-state index contributed by atoms with van der Waals surface area (Å²) in [5.41, 5.74) is 3.42. The summed E-state index contributed by atoms with van der Waals surface area (Å²) in [6.07, 6.45) is -0.155. The van der Waals surface area contributed by atoms with E-state index in [4.69, 9.17) is 0 Å². The van der Waals surface area contributed by atoms with Crippen LogP contribution >= 0.6 is 0 Å². The highest BCUT2D eigenvalue weighted by molar-refractivity contribution is 7.98. The number of nitrogens with one attached hydrogen (secondary N) is 2. The van der Waals surface area contributed by atoms with Crippen molar-refractivity contribution in [3.05, 3.63) is 58.8 Å². The SMILES string of the molecule is C=NC(=CCC(F)(F)F)/C(=C\CC)C(C)=NCCCNS(=O)(=O)C(=CC)c1cccc(NC)c1C. The number of halogens is 3. The molecule has 0 radical (unpaired) electrons. The predicted molar refractivity (Wildman–Crippen MR) is 141 cm³/mol. The summed E-state index contributed by atoms with van der Waals surface area (Å²) >= 11 is 0. The van der Waals surface area contributed by atoms with Gasteiger partial charge in [-0.1, -0.05) is 31.2 Å². The zero-order valence-electron chi connectivity index (χ0n) is 21.0. The molecule has 6 nitrogen and oxygen atoms in total. The lowest BCUT2D eigenvalue weighted by Crippen LogP contribution is -2.26. The Morgan fingerprint density at radius 1 is 1.23 bits per heavy atom. The van der Waals surface area contributed by atoms with E-state index < -0.39 is 22.6 Å². The van der Waals surface area contributed by atoms with Gasteiger partial charge >= 0.3 is 6.18 Å². The van der Waals surface area contributed by atoms with E-state index in [-0.39, 0.29) is 17.1 Å². The summed E-state index contributed by atoms with van der Waals surface area (Å²) in [5, 5.41) is 3.05. The fourth-order valence-electron chi connectivity index (χ4n) is 3.44. The number of allylic oxidation sites excluding steroid dienone is 4. The number of benzene rings is 1. The number of hydrogen-bond acceptors (Lipinski definition) is 5. The molecule has 1 aromatic rings. The van der Waals surface area contributed by atoms with Crippen LogP contribution in [0.25, 0.3) is 4.91 Å². The Hall–Kier alpha value is -2.72. The van der Waals surface area contributed by atoms with Gasteiger partial charge in [-0.25, -0.2) is 13.1 Å². The Labute approximate surface area is 206 Å². The van der Waals surface area contributed by atoms with Crippen LogP contribution in [0.1, 0.15) is 51.2 Å². The van der Waals surface area contributed by atoms with Crippen LogP contribution in [0.5, 0.6) is 0 Å². The standard InChI is InChI=1S/C25H35F3N4O2S/c1-7-11-21(23(30-6)14-15-25(26,27)28)19(4)31-16-10-17-32-35(33,34)24(8-2)20-12-9-13-22(29-5)18(20)3/h8-9,11-14,29,32H,6-7,10,15-17H2,1-5H3/b21-11-,23-14?,24-8?,31-19?. The molecule has 0 aliphatic rings. The highest BCUT2D eigenvalue weighted by Crippen LogP contribution is 2.28. The van der Waals surface area contributed by atoms with Crippen LogP contribution in [-0.2, 0) is 10.0 Å². The first-order chi connectivity index (χ1) is 16.4. The molecule has 0 fully saturated rings. The molecule has 0 aliphatic carbocycles. The van der Waals surface area contributed by atoms with Gasteiger partial charge in [0.05, 0.1) is 17.0 Å². The van der Waals surface area contributed by atoms with Crippen LogP contribution in [-0.4, -0.2) is 47.2 Å². The third-order valence-corrected chi connectivity index (χ3v) is 6.79. The van der Waals surface area contributed by atoms with E-state index in [9.17, 15) is 21.6 Å². The van der Waals surface area contributed by atoms with Crippen LogP contribution in [0.3, 0.4) is 0 Å².